The lowest BCUT2D eigenvalue weighted by Gasteiger charge is -2.10. The molecule has 0 radical (unpaired) electrons. The largest absolute Gasteiger partial charge is 0.481 e. The summed E-state index contributed by atoms with van der Waals surface area (Å²) < 4.78 is 0. The highest BCUT2D eigenvalue weighted by Crippen LogP contribution is 2.30. The number of carbonyl (C=O) groups is 2. The third kappa shape index (κ3) is 4.81. The number of aliphatic carboxylic acids is 1. The minimum atomic E-state index is -0.776. The SMILES string of the molecule is C=CCSCCNC(=O)[C@H]1CC[C@@H](C(=O)O)C1. The monoisotopic (exact) mass is 257 g/mol. The molecule has 0 saturated heterocycles. The Morgan fingerprint density at radius 1 is 1.41 bits per heavy atom. The number of nitrogens with one attached hydrogen (secondary N) is 1. The molecule has 1 saturated carbocycles. The van der Waals surface area contributed by atoms with E-state index in [2.05, 4.69) is 11.9 Å². The third-order valence-electron chi connectivity index (χ3n) is 2.93. The second-order valence-corrected chi connectivity index (χ2v) is 5.35. The zero-order valence-electron chi connectivity index (χ0n) is 9.85. The zero-order chi connectivity index (χ0) is 12.7. The van der Waals surface area contributed by atoms with Crippen LogP contribution < -0.4 is 5.32 Å². The number of rotatable bonds is 7. The molecule has 1 fully saturated rings. The maximum absolute atomic E-state index is 11.7. The van der Waals surface area contributed by atoms with Crippen LogP contribution >= 0.6 is 11.8 Å². The van der Waals surface area contributed by atoms with E-state index in [4.69, 9.17) is 5.11 Å². The van der Waals surface area contributed by atoms with Crippen LogP contribution in [0.5, 0.6) is 0 Å². The van der Waals surface area contributed by atoms with Gasteiger partial charge in [0.2, 0.25) is 5.91 Å². The van der Waals surface area contributed by atoms with Gasteiger partial charge in [0, 0.05) is 24.0 Å². The standard InChI is InChI=1S/C12H19NO3S/c1-2-6-17-7-5-13-11(14)9-3-4-10(8-9)12(15)16/h2,9-10H,1,3-8H2,(H,13,14)(H,15,16)/t9-,10+/m0/s1. The van der Waals surface area contributed by atoms with Crippen LogP contribution in [0.1, 0.15) is 19.3 Å². The van der Waals surface area contributed by atoms with Gasteiger partial charge in [0.15, 0.2) is 0 Å². The van der Waals surface area contributed by atoms with Crippen LogP contribution in [0.2, 0.25) is 0 Å². The van der Waals surface area contributed by atoms with Crippen LogP contribution in [0, 0.1) is 11.8 Å². The van der Waals surface area contributed by atoms with Gasteiger partial charge in [-0.3, -0.25) is 9.59 Å². The molecule has 0 heterocycles. The number of amides is 1. The average molecular weight is 257 g/mol. The summed E-state index contributed by atoms with van der Waals surface area (Å²) in [5, 5.41) is 11.7. The Morgan fingerprint density at radius 2 is 2.12 bits per heavy atom. The predicted molar refractivity (Wildman–Crippen MR) is 69.0 cm³/mol. The van der Waals surface area contributed by atoms with Crippen LogP contribution in [0.3, 0.4) is 0 Å². The summed E-state index contributed by atoms with van der Waals surface area (Å²) in [6.07, 6.45) is 3.64. The van der Waals surface area contributed by atoms with Gasteiger partial charge in [0.1, 0.15) is 0 Å². The number of carbonyl (C=O) groups excluding carboxylic acids is 1. The molecular formula is C12H19NO3S. The van der Waals surface area contributed by atoms with Crippen LogP contribution in [0.25, 0.3) is 0 Å². The van der Waals surface area contributed by atoms with Gasteiger partial charge in [-0.1, -0.05) is 6.08 Å². The molecule has 1 rings (SSSR count). The fourth-order valence-electron chi connectivity index (χ4n) is 2.00. The number of carboxylic acids is 1. The highest BCUT2D eigenvalue weighted by atomic mass is 32.2. The molecule has 17 heavy (non-hydrogen) atoms. The first-order chi connectivity index (χ1) is 8.15. The molecule has 0 bridgehead atoms. The molecular weight excluding hydrogens is 238 g/mol. The fraction of sp³-hybridized carbons (Fsp3) is 0.667. The van der Waals surface area contributed by atoms with E-state index >= 15 is 0 Å². The van der Waals surface area contributed by atoms with E-state index in [-0.39, 0.29) is 17.7 Å². The van der Waals surface area contributed by atoms with E-state index in [0.717, 1.165) is 11.5 Å². The maximum atomic E-state index is 11.7. The van der Waals surface area contributed by atoms with Gasteiger partial charge >= 0.3 is 5.97 Å². The molecule has 5 heteroatoms. The lowest BCUT2D eigenvalue weighted by molar-refractivity contribution is -0.141. The van der Waals surface area contributed by atoms with Crippen molar-refractivity contribution < 1.29 is 14.7 Å². The van der Waals surface area contributed by atoms with Crippen molar-refractivity contribution in [3.8, 4) is 0 Å². The number of carboxylic acid groups (broad SMARTS) is 1. The molecule has 1 aliphatic carbocycles. The van der Waals surface area contributed by atoms with Crippen molar-refractivity contribution in [1.29, 1.82) is 0 Å². The van der Waals surface area contributed by atoms with Gasteiger partial charge in [0.05, 0.1) is 5.92 Å². The topological polar surface area (TPSA) is 66.4 Å². The molecule has 0 aromatic heterocycles. The van der Waals surface area contributed by atoms with Gasteiger partial charge in [-0.15, -0.1) is 6.58 Å². The van der Waals surface area contributed by atoms with Crippen molar-refractivity contribution >= 4 is 23.6 Å². The van der Waals surface area contributed by atoms with Crippen molar-refractivity contribution in [2.24, 2.45) is 11.8 Å². The van der Waals surface area contributed by atoms with E-state index in [1.165, 1.54) is 0 Å². The lowest BCUT2D eigenvalue weighted by Crippen LogP contribution is -2.31. The Morgan fingerprint density at radius 3 is 2.71 bits per heavy atom. The Hall–Kier alpha value is -0.970. The van der Waals surface area contributed by atoms with E-state index < -0.39 is 5.97 Å². The summed E-state index contributed by atoms with van der Waals surface area (Å²) in [6.45, 7) is 4.26. The molecule has 1 aliphatic rings. The number of hydrogen-bond donors (Lipinski definition) is 2. The Labute approximate surface area is 106 Å². The Bertz CT molecular complexity index is 293. The van der Waals surface area contributed by atoms with Crippen molar-refractivity contribution in [2.45, 2.75) is 19.3 Å². The first kappa shape index (κ1) is 14.1. The predicted octanol–water partition coefficient (Wildman–Crippen LogP) is 1.52. The summed E-state index contributed by atoms with van der Waals surface area (Å²) in [7, 11) is 0. The van der Waals surface area contributed by atoms with Crippen LogP contribution in [-0.4, -0.2) is 35.0 Å². The highest BCUT2D eigenvalue weighted by Gasteiger charge is 2.33. The van der Waals surface area contributed by atoms with Gasteiger partial charge in [-0.2, -0.15) is 11.8 Å². The molecule has 0 aromatic rings. The molecule has 1 amide bonds. The summed E-state index contributed by atoms with van der Waals surface area (Å²) in [5.41, 5.74) is 0. The first-order valence-corrected chi connectivity index (χ1v) is 6.99. The summed E-state index contributed by atoms with van der Waals surface area (Å²) in [6, 6.07) is 0. The van der Waals surface area contributed by atoms with Crippen molar-refractivity contribution in [3.63, 3.8) is 0 Å². The smallest absolute Gasteiger partial charge is 0.306 e. The van der Waals surface area contributed by atoms with Gasteiger partial charge in [-0.05, 0) is 19.3 Å². The zero-order valence-corrected chi connectivity index (χ0v) is 10.7. The quantitative estimate of drug-likeness (QED) is 0.536. The van der Waals surface area contributed by atoms with E-state index in [1.54, 1.807) is 11.8 Å². The molecule has 2 N–H and O–H groups in total. The molecule has 0 spiro atoms. The van der Waals surface area contributed by atoms with Crippen LogP contribution in [-0.2, 0) is 9.59 Å². The fourth-order valence-corrected chi connectivity index (χ4v) is 2.58. The van der Waals surface area contributed by atoms with Crippen molar-refractivity contribution in [3.05, 3.63) is 12.7 Å². The second kappa shape index (κ2) is 7.37. The Balaban J connectivity index is 2.16. The van der Waals surface area contributed by atoms with E-state index in [0.29, 0.717) is 25.8 Å². The van der Waals surface area contributed by atoms with Crippen molar-refractivity contribution in [1.82, 2.24) is 5.32 Å². The molecule has 0 aliphatic heterocycles. The minimum Gasteiger partial charge on any atom is -0.481 e. The molecule has 0 aromatic carbocycles. The average Bonchev–Trinajstić information content (AvgIpc) is 2.78. The Kier molecular flexibility index (Phi) is 6.11. The summed E-state index contributed by atoms with van der Waals surface area (Å²) >= 11 is 1.72. The number of hydrogen-bond acceptors (Lipinski definition) is 3. The first-order valence-electron chi connectivity index (χ1n) is 5.84. The van der Waals surface area contributed by atoms with Crippen LogP contribution in [0.15, 0.2) is 12.7 Å². The molecule has 96 valence electrons. The maximum Gasteiger partial charge on any atom is 0.306 e. The molecule has 4 nitrogen and oxygen atoms in total. The summed E-state index contributed by atoms with van der Waals surface area (Å²) in [4.78, 5) is 22.5. The third-order valence-corrected chi connectivity index (χ3v) is 3.90. The summed E-state index contributed by atoms with van der Waals surface area (Å²) in [5.74, 6) is 0.545. The van der Waals surface area contributed by atoms with E-state index in [1.807, 2.05) is 6.08 Å². The van der Waals surface area contributed by atoms with Gasteiger partial charge in [-0.25, -0.2) is 0 Å². The molecule has 0 unspecified atom stereocenters. The van der Waals surface area contributed by atoms with Gasteiger partial charge < -0.3 is 10.4 Å². The van der Waals surface area contributed by atoms with Crippen LogP contribution in [0.4, 0.5) is 0 Å². The van der Waals surface area contributed by atoms with E-state index in [9.17, 15) is 9.59 Å². The van der Waals surface area contributed by atoms with Crippen molar-refractivity contribution in [2.75, 3.05) is 18.1 Å². The minimum absolute atomic E-state index is 0.00736. The second-order valence-electron chi connectivity index (χ2n) is 4.20. The van der Waals surface area contributed by atoms with Gasteiger partial charge in [0.25, 0.3) is 0 Å². The molecule has 2 atom stereocenters. The highest BCUT2D eigenvalue weighted by molar-refractivity contribution is 7.99. The normalized spacial score (nSPS) is 23.3. The number of thioether (sulfide) groups is 1. The lowest BCUT2D eigenvalue weighted by atomic mass is 10.0.